The summed E-state index contributed by atoms with van der Waals surface area (Å²) >= 11 is 0. The van der Waals surface area contributed by atoms with E-state index >= 15 is 0 Å². The summed E-state index contributed by atoms with van der Waals surface area (Å²) in [6.45, 7) is 0.956. The van der Waals surface area contributed by atoms with Gasteiger partial charge in [0.05, 0.1) is 21.6 Å². The number of amides is 1. The number of halogens is 3. The molecule has 0 aliphatic carbocycles. The minimum absolute atomic E-state index is 0.0376. The predicted octanol–water partition coefficient (Wildman–Crippen LogP) is 2.96. The van der Waals surface area contributed by atoms with Crippen molar-refractivity contribution in [3.63, 3.8) is 0 Å². The highest BCUT2D eigenvalue weighted by molar-refractivity contribution is 7.89. The van der Waals surface area contributed by atoms with E-state index in [1.165, 1.54) is 17.6 Å². The number of hydrogen-bond acceptors (Lipinski definition) is 7. The fraction of sp³-hybridized carbons (Fsp3) is 0.333. The normalized spacial score (nSPS) is 15.7. The number of nitrogens with one attached hydrogen (secondary N) is 1. The van der Waals surface area contributed by atoms with E-state index in [1.807, 2.05) is 0 Å². The Morgan fingerprint density at radius 1 is 1.06 bits per heavy atom. The van der Waals surface area contributed by atoms with Crippen LogP contribution in [0.15, 0.2) is 41.3 Å². The summed E-state index contributed by atoms with van der Waals surface area (Å²) in [6, 6.07) is 6.09. The van der Waals surface area contributed by atoms with Crippen LogP contribution in [-0.2, 0) is 16.2 Å². The fourth-order valence-electron chi connectivity index (χ4n) is 3.67. The van der Waals surface area contributed by atoms with Gasteiger partial charge in [-0.3, -0.25) is 14.8 Å². The third-order valence-corrected chi connectivity index (χ3v) is 7.27. The average molecular weight is 502 g/mol. The monoisotopic (exact) mass is 502 g/mol. The van der Waals surface area contributed by atoms with Crippen molar-refractivity contribution in [3.8, 4) is 11.5 Å². The van der Waals surface area contributed by atoms with Crippen LogP contribution in [0.25, 0.3) is 0 Å². The third kappa shape index (κ3) is 5.16. The van der Waals surface area contributed by atoms with Gasteiger partial charge in [0.2, 0.25) is 10.0 Å². The van der Waals surface area contributed by atoms with Crippen molar-refractivity contribution in [2.45, 2.75) is 36.9 Å². The second kappa shape index (κ2) is 9.60. The molecule has 0 unspecified atom stereocenters. The average Bonchev–Trinajstić information content (AvgIpc) is 2.78. The molecule has 13 heteroatoms. The Morgan fingerprint density at radius 3 is 2.15 bits per heavy atom. The van der Waals surface area contributed by atoms with Crippen LogP contribution in [0, 0.1) is 0 Å². The molecule has 1 heterocycles. The molecule has 1 amide bonds. The number of nitrogens with zero attached hydrogens (tertiary/aromatic N) is 1. The quantitative estimate of drug-likeness (QED) is 0.314. The van der Waals surface area contributed by atoms with Gasteiger partial charge in [0.25, 0.3) is 5.91 Å². The summed E-state index contributed by atoms with van der Waals surface area (Å²) in [7, 11) is -4.32. The predicted molar refractivity (Wildman–Crippen MR) is 111 cm³/mol. The summed E-state index contributed by atoms with van der Waals surface area (Å²) in [5.41, 5.74) is -0.756. The number of phenols is 1. The van der Waals surface area contributed by atoms with Crippen LogP contribution in [0.3, 0.4) is 0 Å². The van der Waals surface area contributed by atoms with E-state index in [2.05, 4.69) is 0 Å². The number of Topliss-reactive ketones (excluding diaryl/α,β-unsaturated/α-hetero) is 1. The van der Waals surface area contributed by atoms with Crippen LogP contribution in [0.4, 0.5) is 13.2 Å². The number of rotatable bonds is 6. The molecule has 184 valence electrons. The summed E-state index contributed by atoms with van der Waals surface area (Å²) in [5.74, 6) is -2.47. The van der Waals surface area contributed by atoms with E-state index < -0.39 is 61.3 Å². The van der Waals surface area contributed by atoms with Crippen LogP contribution < -0.4 is 10.2 Å². The molecule has 2 aromatic carbocycles. The molecule has 1 aliphatic heterocycles. The van der Waals surface area contributed by atoms with Gasteiger partial charge in [0.15, 0.2) is 5.78 Å². The summed E-state index contributed by atoms with van der Waals surface area (Å²) < 4.78 is 71.3. The number of alkyl halides is 3. The molecule has 3 rings (SSSR count). The van der Waals surface area contributed by atoms with Crippen molar-refractivity contribution in [2.75, 3.05) is 13.1 Å². The first-order chi connectivity index (χ1) is 15.9. The molecular formula is C21H21F3N2O7S. The maximum Gasteiger partial charge on any atom is 0.416 e. The maximum absolute atomic E-state index is 13.2. The first-order valence-corrected chi connectivity index (χ1v) is 11.5. The number of ketones is 1. The molecule has 3 N–H and O–H groups in total. The van der Waals surface area contributed by atoms with E-state index in [4.69, 9.17) is 9.94 Å². The second-order valence-corrected chi connectivity index (χ2v) is 9.48. The number of carbonyl (C=O) groups is 2. The van der Waals surface area contributed by atoms with Crippen molar-refractivity contribution in [2.24, 2.45) is 0 Å². The molecule has 34 heavy (non-hydrogen) atoms. The van der Waals surface area contributed by atoms with Crippen molar-refractivity contribution in [3.05, 3.63) is 53.1 Å². The molecule has 0 atom stereocenters. The Hall–Kier alpha value is -3.16. The number of aromatic hydroxyl groups is 1. The zero-order valence-electron chi connectivity index (χ0n) is 17.8. The molecule has 0 bridgehead atoms. The number of hydroxylamine groups is 1. The Labute approximate surface area is 192 Å². The lowest BCUT2D eigenvalue weighted by atomic mass is 10.0. The molecular weight excluding hydrogens is 481 g/mol. The lowest BCUT2D eigenvalue weighted by Crippen LogP contribution is -2.42. The highest BCUT2D eigenvalue weighted by atomic mass is 32.2. The smallest absolute Gasteiger partial charge is 0.416 e. The highest BCUT2D eigenvalue weighted by Gasteiger charge is 2.36. The lowest BCUT2D eigenvalue weighted by molar-refractivity contribution is -0.137. The van der Waals surface area contributed by atoms with Gasteiger partial charge in [0.1, 0.15) is 17.6 Å². The fourth-order valence-corrected chi connectivity index (χ4v) is 5.33. The van der Waals surface area contributed by atoms with Crippen molar-refractivity contribution in [1.82, 2.24) is 9.79 Å². The first kappa shape index (κ1) is 25.5. The number of benzene rings is 2. The topological polar surface area (TPSA) is 133 Å². The molecule has 0 radical (unpaired) electrons. The second-order valence-electron chi connectivity index (χ2n) is 7.57. The van der Waals surface area contributed by atoms with E-state index in [-0.39, 0.29) is 31.7 Å². The SMILES string of the molecule is CC(=O)c1c(O)ccc(S(=O)(=O)N2CCC(Oc3ccc(C(F)(F)F)cc3)CC2)c1C(=O)NO. The van der Waals surface area contributed by atoms with Crippen LogP contribution in [0.5, 0.6) is 11.5 Å². The molecule has 1 saturated heterocycles. The molecule has 0 saturated carbocycles. The number of ether oxygens (including phenoxy) is 1. The third-order valence-electron chi connectivity index (χ3n) is 5.33. The lowest BCUT2D eigenvalue weighted by Gasteiger charge is -2.32. The van der Waals surface area contributed by atoms with Gasteiger partial charge in [-0.15, -0.1) is 0 Å². The van der Waals surface area contributed by atoms with Crippen LogP contribution in [0.1, 0.15) is 46.0 Å². The number of sulfonamides is 1. The van der Waals surface area contributed by atoms with E-state index in [9.17, 15) is 36.3 Å². The first-order valence-electron chi connectivity index (χ1n) is 10.0. The number of hydrogen-bond donors (Lipinski definition) is 3. The van der Waals surface area contributed by atoms with Gasteiger partial charge in [-0.05, 0) is 56.2 Å². The molecule has 2 aromatic rings. The molecule has 9 nitrogen and oxygen atoms in total. The van der Waals surface area contributed by atoms with Gasteiger partial charge in [-0.25, -0.2) is 13.9 Å². The summed E-state index contributed by atoms with van der Waals surface area (Å²) in [6.07, 6.45) is -4.52. The Morgan fingerprint density at radius 2 is 1.65 bits per heavy atom. The summed E-state index contributed by atoms with van der Waals surface area (Å²) in [4.78, 5) is 23.6. The Bertz CT molecular complexity index is 1190. The van der Waals surface area contributed by atoms with Gasteiger partial charge in [-0.2, -0.15) is 17.5 Å². The van der Waals surface area contributed by atoms with Gasteiger partial charge >= 0.3 is 6.18 Å². The number of phenolic OH excluding ortho intramolecular Hbond substituents is 1. The molecule has 0 spiro atoms. The molecule has 0 aromatic heterocycles. The van der Waals surface area contributed by atoms with Gasteiger partial charge in [-0.1, -0.05) is 0 Å². The zero-order valence-corrected chi connectivity index (χ0v) is 18.6. The molecule has 1 aliphatic rings. The van der Waals surface area contributed by atoms with Crippen molar-refractivity contribution < 1.29 is 46.2 Å². The van der Waals surface area contributed by atoms with Crippen LogP contribution in [0.2, 0.25) is 0 Å². The Kier molecular flexibility index (Phi) is 7.19. The minimum atomic E-state index is -4.47. The molecule has 1 fully saturated rings. The summed E-state index contributed by atoms with van der Waals surface area (Å²) in [5, 5.41) is 19.0. The minimum Gasteiger partial charge on any atom is -0.507 e. The van der Waals surface area contributed by atoms with Crippen molar-refractivity contribution in [1.29, 1.82) is 0 Å². The van der Waals surface area contributed by atoms with Gasteiger partial charge < -0.3 is 9.84 Å². The van der Waals surface area contributed by atoms with E-state index in [1.54, 1.807) is 0 Å². The largest absolute Gasteiger partial charge is 0.507 e. The van der Waals surface area contributed by atoms with E-state index in [0.29, 0.717) is 0 Å². The zero-order chi connectivity index (χ0) is 25.3. The standard InChI is InChI=1S/C21H21F3N2O7S/c1-12(27)18-16(28)6-7-17(19(18)20(29)25-30)34(31,32)26-10-8-15(9-11-26)33-14-4-2-13(3-5-14)21(22,23)24/h2-7,15,28,30H,8-11H2,1H3,(H,25,29). The number of piperidine rings is 1. The number of carbonyl (C=O) groups excluding carboxylic acids is 2. The van der Waals surface area contributed by atoms with Crippen molar-refractivity contribution >= 4 is 21.7 Å². The maximum atomic E-state index is 13.2. The highest BCUT2D eigenvalue weighted by Crippen LogP contribution is 2.33. The van der Waals surface area contributed by atoms with E-state index in [0.717, 1.165) is 35.5 Å². The Balaban J connectivity index is 1.78. The van der Waals surface area contributed by atoms with Gasteiger partial charge in [0, 0.05) is 13.1 Å². The van der Waals surface area contributed by atoms with Crippen LogP contribution in [-0.4, -0.2) is 53.9 Å². The van der Waals surface area contributed by atoms with Crippen LogP contribution >= 0.6 is 0 Å².